The van der Waals surface area contributed by atoms with Crippen molar-refractivity contribution in [1.29, 1.82) is 0 Å². The molecule has 3 aromatic carbocycles. The molecule has 0 bridgehead atoms. The van der Waals surface area contributed by atoms with Gasteiger partial charge in [0.15, 0.2) is 0 Å². The standard InChI is InChI=1S/C24H18Br2N2O/c1-14-3-9-19(10-4-14)27-24(29)21-13-22(16-5-7-17(25)8-6-16)28-23-15(2)11-18(26)12-20(21)23/h3-13H,1-2H3,(H,27,29). The van der Waals surface area contributed by atoms with Crippen LogP contribution in [0.2, 0.25) is 0 Å². The van der Waals surface area contributed by atoms with E-state index in [1.807, 2.05) is 80.6 Å². The van der Waals surface area contributed by atoms with E-state index in [9.17, 15) is 4.79 Å². The van der Waals surface area contributed by atoms with Gasteiger partial charge in [-0.1, -0.05) is 61.7 Å². The lowest BCUT2D eigenvalue weighted by atomic mass is 10.0. The molecule has 0 spiro atoms. The van der Waals surface area contributed by atoms with E-state index in [1.54, 1.807) is 0 Å². The average molecular weight is 510 g/mol. The Bertz CT molecular complexity index is 1220. The highest BCUT2D eigenvalue weighted by molar-refractivity contribution is 9.10. The first kappa shape index (κ1) is 19.8. The summed E-state index contributed by atoms with van der Waals surface area (Å²) in [5.41, 5.74) is 6.07. The van der Waals surface area contributed by atoms with Crippen LogP contribution >= 0.6 is 31.9 Å². The number of aryl methyl sites for hydroxylation is 2. The van der Waals surface area contributed by atoms with Gasteiger partial charge in [0, 0.05) is 25.6 Å². The maximum absolute atomic E-state index is 13.2. The van der Waals surface area contributed by atoms with Gasteiger partial charge in [0.2, 0.25) is 0 Å². The molecule has 0 saturated heterocycles. The number of hydrogen-bond acceptors (Lipinski definition) is 2. The molecule has 144 valence electrons. The van der Waals surface area contributed by atoms with Gasteiger partial charge in [-0.25, -0.2) is 4.98 Å². The SMILES string of the molecule is Cc1ccc(NC(=O)c2cc(-c3ccc(Br)cc3)nc3c(C)cc(Br)cc23)cc1. The third-order valence-electron chi connectivity index (χ3n) is 4.76. The molecule has 5 heteroatoms. The minimum Gasteiger partial charge on any atom is -0.322 e. The van der Waals surface area contributed by atoms with Gasteiger partial charge >= 0.3 is 0 Å². The van der Waals surface area contributed by atoms with E-state index in [0.29, 0.717) is 5.56 Å². The Hall–Kier alpha value is -2.50. The number of nitrogens with one attached hydrogen (secondary N) is 1. The maximum atomic E-state index is 13.2. The van der Waals surface area contributed by atoms with Gasteiger partial charge in [-0.05, 0) is 61.9 Å². The molecule has 1 amide bonds. The summed E-state index contributed by atoms with van der Waals surface area (Å²) in [6, 6.07) is 21.5. The third-order valence-corrected chi connectivity index (χ3v) is 5.75. The molecule has 29 heavy (non-hydrogen) atoms. The van der Waals surface area contributed by atoms with E-state index >= 15 is 0 Å². The molecule has 0 unspecified atom stereocenters. The van der Waals surface area contributed by atoms with Crippen molar-refractivity contribution >= 4 is 54.4 Å². The predicted molar refractivity (Wildman–Crippen MR) is 126 cm³/mol. The molecule has 0 saturated carbocycles. The Morgan fingerprint density at radius 3 is 2.24 bits per heavy atom. The molecule has 1 heterocycles. The number of fused-ring (bicyclic) bond motifs is 1. The molecular weight excluding hydrogens is 492 g/mol. The Morgan fingerprint density at radius 2 is 1.55 bits per heavy atom. The zero-order valence-electron chi connectivity index (χ0n) is 16.0. The monoisotopic (exact) mass is 508 g/mol. The molecule has 0 aliphatic heterocycles. The lowest BCUT2D eigenvalue weighted by molar-refractivity contribution is 0.102. The molecule has 3 nitrogen and oxygen atoms in total. The van der Waals surface area contributed by atoms with Crippen LogP contribution in [-0.4, -0.2) is 10.9 Å². The largest absolute Gasteiger partial charge is 0.322 e. The van der Waals surface area contributed by atoms with E-state index < -0.39 is 0 Å². The van der Waals surface area contributed by atoms with E-state index in [1.165, 1.54) is 0 Å². The van der Waals surface area contributed by atoms with Gasteiger partial charge in [0.25, 0.3) is 5.91 Å². The molecule has 0 radical (unpaired) electrons. The van der Waals surface area contributed by atoms with Crippen LogP contribution in [-0.2, 0) is 0 Å². The van der Waals surface area contributed by atoms with Crippen molar-refractivity contribution in [2.45, 2.75) is 13.8 Å². The molecule has 4 rings (SSSR count). The molecule has 0 aliphatic rings. The van der Waals surface area contributed by atoms with Gasteiger partial charge in [0.1, 0.15) is 0 Å². The molecule has 0 aliphatic carbocycles. The summed E-state index contributed by atoms with van der Waals surface area (Å²) < 4.78 is 1.92. The van der Waals surface area contributed by atoms with Crippen molar-refractivity contribution in [3.05, 3.63) is 92.4 Å². The molecule has 4 aromatic rings. The van der Waals surface area contributed by atoms with Gasteiger partial charge < -0.3 is 5.32 Å². The summed E-state index contributed by atoms with van der Waals surface area (Å²) in [6.45, 7) is 4.03. The van der Waals surface area contributed by atoms with Crippen LogP contribution in [0.25, 0.3) is 22.2 Å². The Morgan fingerprint density at radius 1 is 0.862 bits per heavy atom. The van der Waals surface area contributed by atoms with Gasteiger partial charge in [-0.3, -0.25) is 4.79 Å². The number of carbonyl (C=O) groups excluding carboxylic acids is 1. The number of hydrogen-bond donors (Lipinski definition) is 1. The first-order valence-electron chi connectivity index (χ1n) is 9.15. The van der Waals surface area contributed by atoms with Gasteiger partial charge in [-0.15, -0.1) is 0 Å². The number of pyridine rings is 1. The van der Waals surface area contributed by atoms with Crippen molar-refractivity contribution in [3.63, 3.8) is 0 Å². The van der Waals surface area contributed by atoms with E-state index in [2.05, 4.69) is 37.2 Å². The molecule has 0 atom stereocenters. The van der Waals surface area contributed by atoms with Crippen molar-refractivity contribution in [2.75, 3.05) is 5.32 Å². The predicted octanol–water partition coefficient (Wildman–Crippen LogP) is 7.30. The van der Waals surface area contributed by atoms with Crippen molar-refractivity contribution in [2.24, 2.45) is 0 Å². The van der Waals surface area contributed by atoms with Crippen LogP contribution in [0.1, 0.15) is 21.5 Å². The normalized spacial score (nSPS) is 10.9. The quantitative estimate of drug-likeness (QED) is 0.315. The summed E-state index contributed by atoms with van der Waals surface area (Å²) in [5.74, 6) is -0.155. The second-order valence-corrected chi connectivity index (χ2v) is 8.83. The van der Waals surface area contributed by atoms with Crippen LogP contribution in [0.15, 0.2) is 75.7 Å². The average Bonchev–Trinajstić information content (AvgIpc) is 2.69. The van der Waals surface area contributed by atoms with Crippen LogP contribution in [0.5, 0.6) is 0 Å². The number of amides is 1. The Labute approximate surface area is 186 Å². The molecular formula is C24H18Br2N2O. The molecule has 0 fully saturated rings. The zero-order valence-corrected chi connectivity index (χ0v) is 19.1. The van der Waals surface area contributed by atoms with Crippen molar-refractivity contribution < 1.29 is 4.79 Å². The summed E-state index contributed by atoms with van der Waals surface area (Å²) >= 11 is 7.02. The topological polar surface area (TPSA) is 42.0 Å². The number of halogens is 2. The zero-order chi connectivity index (χ0) is 20.5. The maximum Gasteiger partial charge on any atom is 0.256 e. The highest BCUT2D eigenvalue weighted by atomic mass is 79.9. The summed E-state index contributed by atoms with van der Waals surface area (Å²) in [4.78, 5) is 18.1. The lowest BCUT2D eigenvalue weighted by Crippen LogP contribution is -2.13. The first-order valence-corrected chi connectivity index (χ1v) is 10.7. The fraction of sp³-hybridized carbons (Fsp3) is 0.0833. The summed E-state index contributed by atoms with van der Waals surface area (Å²) in [7, 11) is 0. The van der Waals surface area contributed by atoms with Crippen molar-refractivity contribution in [1.82, 2.24) is 4.98 Å². The first-order chi connectivity index (χ1) is 13.9. The number of benzene rings is 3. The van der Waals surface area contributed by atoms with E-state index in [-0.39, 0.29) is 5.91 Å². The number of rotatable bonds is 3. The summed E-state index contributed by atoms with van der Waals surface area (Å²) in [5, 5.41) is 3.84. The number of aromatic nitrogens is 1. The highest BCUT2D eigenvalue weighted by Crippen LogP contribution is 2.30. The Balaban J connectivity index is 1.86. The summed E-state index contributed by atoms with van der Waals surface area (Å²) in [6.07, 6.45) is 0. The van der Waals surface area contributed by atoms with Crippen LogP contribution in [0.4, 0.5) is 5.69 Å². The number of anilines is 1. The number of carbonyl (C=O) groups is 1. The third kappa shape index (κ3) is 4.26. The lowest BCUT2D eigenvalue weighted by Gasteiger charge is -2.13. The highest BCUT2D eigenvalue weighted by Gasteiger charge is 2.16. The van der Waals surface area contributed by atoms with E-state index in [4.69, 9.17) is 4.98 Å². The Kier molecular flexibility index (Phi) is 5.52. The number of nitrogens with zero attached hydrogens (tertiary/aromatic N) is 1. The molecule has 1 aromatic heterocycles. The fourth-order valence-corrected chi connectivity index (χ4v) is 4.08. The smallest absolute Gasteiger partial charge is 0.256 e. The van der Waals surface area contributed by atoms with Gasteiger partial charge in [-0.2, -0.15) is 0 Å². The second kappa shape index (κ2) is 8.09. The van der Waals surface area contributed by atoms with Crippen molar-refractivity contribution in [3.8, 4) is 11.3 Å². The minimum absolute atomic E-state index is 0.155. The van der Waals surface area contributed by atoms with Crippen LogP contribution < -0.4 is 5.32 Å². The fourth-order valence-electron chi connectivity index (χ4n) is 3.25. The van der Waals surface area contributed by atoms with E-state index in [0.717, 1.165) is 47.9 Å². The van der Waals surface area contributed by atoms with Crippen LogP contribution in [0.3, 0.4) is 0 Å². The van der Waals surface area contributed by atoms with Gasteiger partial charge in [0.05, 0.1) is 16.8 Å². The minimum atomic E-state index is -0.155. The second-order valence-electron chi connectivity index (χ2n) is 7.00. The molecule has 1 N–H and O–H groups in total. The van der Waals surface area contributed by atoms with Crippen LogP contribution in [0, 0.1) is 13.8 Å².